The summed E-state index contributed by atoms with van der Waals surface area (Å²) in [5.74, 6) is -3.14. The number of nitrogens with one attached hydrogen (secondary N) is 5. The van der Waals surface area contributed by atoms with Gasteiger partial charge in [-0.3, -0.25) is 28.8 Å². The van der Waals surface area contributed by atoms with Crippen molar-refractivity contribution in [1.82, 2.24) is 36.1 Å². The minimum atomic E-state index is -1.18. The van der Waals surface area contributed by atoms with Crippen LogP contribution in [0.3, 0.4) is 0 Å². The molecule has 3 aliphatic heterocycles. The van der Waals surface area contributed by atoms with Gasteiger partial charge in [0.25, 0.3) is 0 Å². The molecule has 0 bridgehead atoms. The van der Waals surface area contributed by atoms with Crippen molar-refractivity contribution in [3.05, 3.63) is 102 Å². The number of carbonyl (C=O) groups excluding carboxylic acids is 6. The van der Waals surface area contributed by atoms with E-state index in [1.807, 2.05) is 54.6 Å². The predicted octanol–water partition coefficient (Wildman–Crippen LogP) is 1.47. The van der Waals surface area contributed by atoms with Crippen LogP contribution in [0, 0.1) is 0 Å². The Morgan fingerprint density at radius 3 is 1.89 bits per heavy atom. The van der Waals surface area contributed by atoms with E-state index in [-0.39, 0.29) is 38.1 Å². The summed E-state index contributed by atoms with van der Waals surface area (Å²) in [6.45, 7) is 0.110. The van der Waals surface area contributed by atoms with Crippen LogP contribution in [-0.2, 0) is 48.0 Å². The van der Waals surface area contributed by atoms with Gasteiger partial charge in [0.2, 0.25) is 35.4 Å². The lowest BCUT2D eigenvalue weighted by Gasteiger charge is -2.32. The van der Waals surface area contributed by atoms with Gasteiger partial charge in [0.05, 0.1) is 6.54 Å². The molecule has 55 heavy (non-hydrogen) atoms. The Hall–Kier alpha value is -6.18. The molecule has 7 rings (SSSR count). The number of phenols is 1. The van der Waals surface area contributed by atoms with Crippen molar-refractivity contribution in [3.8, 4) is 5.75 Å². The molecular formula is C41H45N7O7. The first-order valence-corrected chi connectivity index (χ1v) is 18.8. The Morgan fingerprint density at radius 1 is 0.600 bits per heavy atom. The zero-order chi connectivity index (χ0) is 38.5. The highest BCUT2D eigenvalue weighted by molar-refractivity contribution is 5.98. The molecule has 6 amide bonds. The standard InChI is InChI=1S/C41H45N7O7/c49-28-16-14-26(15-17-28)20-31-37(51)46-33(22-27-23-42-30-11-5-4-10-29(27)30)41(55)47-18-6-12-34(47)38(52)43-24-36(50)44-32(21-25-8-2-1-3-9-25)40(54)48-19-7-13-35(48)39(53)45-31/h1-5,8-11,14-17,23,31-35,42,49H,6-7,12-13,18-22,24H2,(H,43,52)(H,44,50)(H,45,53)(H,46,51)/t31-,32-,33-,34-,35-/m0/s1. The van der Waals surface area contributed by atoms with Gasteiger partial charge >= 0.3 is 0 Å². The van der Waals surface area contributed by atoms with E-state index < -0.39 is 72.2 Å². The van der Waals surface area contributed by atoms with Crippen molar-refractivity contribution < 1.29 is 33.9 Å². The maximum atomic E-state index is 14.5. The first-order valence-electron chi connectivity index (χ1n) is 18.8. The summed E-state index contributed by atoms with van der Waals surface area (Å²) in [7, 11) is 0. The third-order valence-corrected chi connectivity index (χ3v) is 10.7. The molecule has 3 aliphatic rings. The van der Waals surface area contributed by atoms with Crippen LogP contribution >= 0.6 is 0 Å². The number of nitrogens with zero attached hydrogens (tertiary/aromatic N) is 2. The van der Waals surface area contributed by atoms with Gasteiger partial charge in [0.1, 0.15) is 36.0 Å². The van der Waals surface area contributed by atoms with E-state index >= 15 is 0 Å². The smallest absolute Gasteiger partial charge is 0.246 e. The van der Waals surface area contributed by atoms with Gasteiger partial charge in [-0.15, -0.1) is 0 Å². The Bertz CT molecular complexity index is 2070. The summed E-state index contributed by atoms with van der Waals surface area (Å²) in [5, 5.41) is 22.1. The number of carbonyl (C=O) groups is 6. The highest BCUT2D eigenvalue weighted by Gasteiger charge is 2.41. The van der Waals surface area contributed by atoms with E-state index in [0.717, 1.165) is 22.0 Å². The van der Waals surface area contributed by atoms with Crippen LogP contribution in [0.4, 0.5) is 0 Å². The number of hydrogen-bond acceptors (Lipinski definition) is 7. The van der Waals surface area contributed by atoms with Crippen molar-refractivity contribution in [2.24, 2.45) is 0 Å². The highest BCUT2D eigenvalue weighted by Crippen LogP contribution is 2.24. The molecule has 3 fully saturated rings. The van der Waals surface area contributed by atoms with Crippen molar-refractivity contribution in [2.75, 3.05) is 19.6 Å². The number of benzene rings is 3. The molecule has 0 aliphatic carbocycles. The molecule has 6 N–H and O–H groups in total. The van der Waals surface area contributed by atoms with Crippen molar-refractivity contribution >= 4 is 46.3 Å². The van der Waals surface area contributed by atoms with Gasteiger partial charge < -0.3 is 41.2 Å². The van der Waals surface area contributed by atoms with Crippen molar-refractivity contribution in [3.63, 3.8) is 0 Å². The molecule has 0 spiro atoms. The average Bonchev–Trinajstić information content (AvgIpc) is 3.97. The Labute approximate surface area is 318 Å². The normalized spacial score (nSPS) is 24.3. The molecule has 0 saturated carbocycles. The lowest BCUT2D eigenvalue weighted by atomic mass is 10.0. The number of amides is 6. The molecule has 3 aromatic carbocycles. The topological polar surface area (TPSA) is 193 Å². The minimum Gasteiger partial charge on any atom is -0.508 e. The summed E-state index contributed by atoms with van der Waals surface area (Å²) < 4.78 is 0. The van der Waals surface area contributed by atoms with E-state index in [0.29, 0.717) is 31.2 Å². The van der Waals surface area contributed by atoms with Crippen LogP contribution in [0.5, 0.6) is 5.75 Å². The van der Waals surface area contributed by atoms with Crippen LogP contribution in [0.25, 0.3) is 10.9 Å². The summed E-state index contributed by atoms with van der Waals surface area (Å²) in [6, 6.07) is 17.9. The van der Waals surface area contributed by atoms with Gasteiger partial charge in [0.15, 0.2) is 0 Å². The zero-order valence-electron chi connectivity index (χ0n) is 30.3. The minimum absolute atomic E-state index is 0.0218. The van der Waals surface area contributed by atoms with Crippen LogP contribution in [0.1, 0.15) is 42.4 Å². The van der Waals surface area contributed by atoms with Crippen LogP contribution in [0.15, 0.2) is 85.1 Å². The summed E-state index contributed by atoms with van der Waals surface area (Å²) in [6.07, 6.45) is 3.81. The van der Waals surface area contributed by atoms with E-state index in [1.54, 1.807) is 18.3 Å². The SMILES string of the molecule is O=C1CNC(=O)[C@@H]2CCCN2C(=O)[C@H](Cc2c[nH]c3ccccc23)NC(=O)[C@H](Cc2ccc(O)cc2)NC(=O)[C@@H]2CCCN2C(=O)[C@H](Cc2ccccc2)N1. The number of H-pyrrole nitrogens is 1. The third kappa shape index (κ3) is 8.48. The van der Waals surface area contributed by atoms with E-state index in [4.69, 9.17) is 0 Å². The number of aromatic nitrogens is 1. The summed E-state index contributed by atoms with van der Waals surface area (Å²) >= 11 is 0. The average molecular weight is 748 g/mol. The maximum absolute atomic E-state index is 14.5. The van der Waals surface area contributed by atoms with E-state index in [9.17, 15) is 33.9 Å². The van der Waals surface area contributed by atoms with Gasteiger partial charge in [0, 0.05) is 49.5 Å². The van der Waals surface area contributed by atoms with Gasteiger partial charge in [-0.25, -0.2) is 0 Å². The third-order valence-electron chi connectivity index (χ3n) is 10.7. The fraction of sp³-hybridized carbons (Fsp3) is 0.366. The molecule has 286 valence electrons. The van der Waals surface area contributed by atoms with Crippen LogP contribution in [0.2, 0.25) is 0 Å². The van der Waals surface area contributed by atoms with Crippen molar-refractivity contribution in [1.29, 1.82) is 0 Å². The number of aromatic amines is 1. The maximum Gasteiger partial charge on any atom is 0.246 e. The summed E-state index contributed by atoms with van der Waals surface area (Å²) in [4.78, 5) is 90.4. The number of rotatable bonds is 6. The first kappa shape index (κ1) is 37.1. The fourth-order valence-electron chi connectivity index (χ4n) is 7.92. The number of para-hydroxylation sites is 1. The second-order valence-electron chi connectivity index (χ2n) is 14.5. The second kappa shape index (κ2) is 16.5. The lowest BCUT2D eigenvalue weighted by molar-refractivity contribution is -0.143. The molecule has 5 atom stereocenters. The van der Waals surface area contributed by atoms with Gasteiger partial charge in [-0.1, -0.05) is 60.7 Å². The highest BCUT2D eigenvalue weighted by atomic mass is 16.3. The number of aromatic hydroxyl groups is 1. The molecular weight excluding hydrogens is 702 g/mol. The number of phenolic OH excluding ortho intramolecular Hbond substituents is 1. The van der Waals surface area contributed by atoms with Gasteiger partial charge in [-0.05, 0) is 60.6 Å². The lowest BCUT2D eigenvalue weighted by Crippen LogP contribution is -2.60. The number of fused-ring (bicyclic) bond motifs is 3. The molecule has 4 heterocycles. The molecule has 0 unspecified atom stereocenters. The summed E-state index contributed by atoms with van der Waals surface area (Å²) in [5.41, 5.74) is 3.06. The molecule has 0 radical (unpaired) electrons. The van der Waals surface area contributed by atoms with E-state index in [2.05, 4.69) is 26.3 Å². The predicted molar refractivity (Wildman–Crippen MR) is 202 cm³/mol. The van der Waals surface area contributed by atoms with Crippen molar-refractivity contribution in [2.45, 2.75) is 75.2 Å². The molecule has 1 aromatic heterocycles. The van der Waals surface area contributed by atoms with Crippen LogP contribution in [-0.4, -0.2) is 105 Å². The van der Waals surface area contributed by atoms with Gasteiger partial charge in [-0.2, -0.15) is 0 Å². The zero-order valence-corrected chi connectivity index (χ0v) is 30.3. The molecule has 14 nitrogen and oxygen atoms in total. The van der Waals surface area contributed by atoms with Crippen LogP contribution < -0.4 is 21.3 Å². The number of hydrogen-bond donors (Lipinski definition) is 6. The molecule has 14 heteroatoms. The first-order chi connectivity index (χ1) is 26.6. The Kier molecular flexibility index (Phi) is 11.1. The Balaban J connectivity index is 1.24. The monoisotopic (exact) mass is 747 g/mol. The Morgan fingerprint density at radius 2 is 1.18 bits per heavy atom. The largest absolute Gasteiger partial charge is 0.508 e. The quantitative estimate of drug-likeness (QED) is 0.172. The molecule has 4 aromatic rings. The molecule has 3 saturated heterocycles. The fourth-order valence-corrected chi connectivity index (χ4v) is 7.92. The van der Waals surface area contributed by atoms with E-state index in [1.165, 1.54) is 21.9 Å². The second-order valence-corrected chi connectivity index (χ2v) is 14.5.